The zero-order valence-electron chi connectivity index (χ0n) is 16.0. The smallest absolute Gasteiger partial charge is 0.286 e. The van der Waals surface area contributed by atoms with E-state index in [0.29, 0.717) is 34.2 Å². The van der Waals surface area contributed by atoms with E-state index >= 15 is 0 Å². The van der Waals surface area contributed by atoms with E-state index in [1.807, 2.05) is 24.4 Å². The van der Waals surface area contributed by atoms with Crippen LogP contribution in [0.2, 0.25) is 5.02 Å². The molecule has 4 rings (SSSR count). The van der Waals surface area contributed by atoms with Gasteiger partial charge in [0.2, 0.25) is 5.01 Å². The minimum absolute atomic E-state index is 0.212. The number of carbonyl (C=O) groups excluding carboxylic acids is 2. The van der Waals surface area contributed by atoms with Crippen molar-refractivity contribution in [2.75, 3.05) is 11.9 Å². The first-order valence-electron chi connectivity index (χ1n) is 9.25. The normalized spacial score (nSPS) is 10.9. The van der Waals surface area contributed by atoms with Gasteiger partial charge < -0.3 is 15.6 Å². The maximum Gasteiger partial charge on any atom is 0.286 e. The largest absolute Gasteiger partial charge is 0.361 e. The third kappa shape index (κ3) is 4.50. The molecule has 0 radical (unpaired) electrons. The zero-order valence-corrected chi connectivity index (χ0v) is 17.6. The molecule has 0 fully saturated rings. The predicted molar refractivity (Wildman–Crippen MR) is 118 cm³/mol. The Hall–Kier alpha value is -3.23. The number of hydrogen-bond donors (Lipinski definition) is 3. The van der Waals surface area contributed by atoms with Gasteiger partial charge in [-0.25, -0.2) is 0 Å². The van der Waals surface area contributed by atoms with E-state index in [0.717, 1.165) is 16.5 Å². The Morgan fingerprint density at radius 3 is 2.80 bits per heavy atom. The molecule has 0 aliphatic rings. The topological polar surface area (TPSA) is 99.8 Å². The summed E-state index contributed by atoms with van der Waals surface area (Å²) < 4.78 is 0. The molecule has 2 amide bonds. The van der Waals surface area contributed by atoms with Gasteiger partial charge in [0.1, 0.15) is 5.01 Å². The Morgan fingerprint density at radius 2 is 2.00 bits per heavy atom. The molecule has 2 heterocycles. The number of halogens is 1. The van der Waals surface area contributed by atoms with Gasteiger partial charge in [-0.05, 0) is 55.3 Å². The maximum atomic E-state index is 12.5. The number of hydrogen-bond acceptors (Lipinski definition) is 5. The Morgan fingerprint density at radius 1 is 1.13 bits per heavy atom. The quantitative estimate of drug-likeness (QED) is 0.419. The summed E-state index contributed by atoms with van der Waals surface area (Å²) in [6, 6.07) is 12.5. The van der Waals surface area contributed by atoms with Gasteiger partial charge in [0.25, 0.3) is 11.8 Å². The first kappa shape index (κ1) is 20.1. The molecule has 2 aromatic carbocycles. The van der Waals surface area contributed by atoms with Crippen molar-refractivity contribution in [2.24, 2.45) is 0 Å². The summed E-state index contributed by atoms with van der Waals surface area (Å²) in [4.78, 5) is 28.0. The van der Waals surface area contributed by atoms with Gasteiger partial charge in [0.05, 0.1) is 0 Å². The third-order valence-corrected chi connectivity index (χ3v) is 5.58. The van der Waals surface area contributed by atoms with Crippen LogP contribution in [0.15, 0.2) is 48.7 Å². The van der Waals surface area contributed by atoms with Crippen molar-refractivity contribution in [3.8, 4) is 0 Å². The number of benzene rings is 2. The van der Waals surface area contributed by atoms with Gasteiger partial charge >= 0.3 is 0 Å². The second-order valence-electron chi connectivity index (χ2n) is 6.67. The van der Waals surface area contributed by atoms with Crippen molar-refractivity contribution in [3.05, 3.63) is 74.8 Å². The second kappa shape index (κ2) is 8.64. The average molecular weight is 440 g/mol. The average Bonchev–Trinajstić information content (AvgIpc) is 3.34. The molecule has 0 saturated heterocycles. The minimum Gasteiger partial charge on any atom is -0.361 e. The van der Waals surface area contributed by atoms with Crippen molar-refractivity contribution in [1.82, 2.24) is 20.5 Å². The summed E-state index contributed by atoms with van der Waals surface area (Å²) in [6.45, 7) is 2.25. The molecule has 4 aromatic rings. The highest BCUT2D eigenvalue weighted by atomic mass is 35.5. The molecule has 3 N–H and O–H groups in total. The molecular weight excluding hydrogens is 422 g/mol. The molecular formula is C21H18ClN5O2S. The predicted octanol–water partition coefficient (Wildman–Crippen LogP) is 4.21. The van der Waals surface area contributed by atoms with Gasteiger partial charge in [-0.3, -0.25) is 9.59 Å². The molecule has 0 atom stereocenters. The molecule has 152 valence electrons. The van der Waals surface area contributed by atoms with Crippen LogP contribution in [-0.4, -0.2) is 33.5 Å². The molecule has 2 aromatic heterocycles. The third-order valence-electron chi connectivity index (χ3n) is 4.51. The molecule has 0 saturated carbocycles. The summed E-state index contributed by atoms with van der Waals surface area (Å²) in [7, 11) is 0. The number of rotatable bonds is 6. The molecule has 0 bridgehead atoms. The molecule has 30 heavy (non-hydrogen) atoms. The minimum atomic E-state index is -0.351. The monoisotopic (exact) mass is 439 g/mol. The van der Waals surface area contributed by atoms with Crippen molar-refractivity contribution < 1.29 is 9.59 Å². The fourth-order valence-corrected chi connectivity index (χ4v) is 3.84. The molecule has 7 nitrogen and oxygen atoms in total. The van der Waals surface area contributed by atoms with Crippen LogP contribution >= 0.6 is 22.9 Å². The van der Waals surface area contributed by atoms with Gasteiger partial charge in [-0.2, -0.15) is 0 Å². The second-order valence-corrected chi connectivity index (χ2v) is 8.29. The number of aryl methyl sites for hydroxylation is 1. The number of aromatic amines is 1. The number of fused-ring (bicyclic) bond motifs is 1. The van der Waals surface area contributed by atoms with Crippen molar-refractivity contribution in [1.29, 1.82) is 0 Å². The van der Waals surface area contributed by atoms with Crippen LogP contribution in [0.4, 0.5) is 5.69 Å². The lowest BCUT2D eigenvalue weighted by Gasteiger charge is -2.08. The number of amides is 2. The molecule has 0 aliphatic carbocycles. The van der Waals surface area contributed by atoms with Crippen molar-refractivity contribution in [2.45, 2.75) is 13.3 Å². The lowest BCUT2D eigenvalue weighted by Crippen LogP contribution is -2.25. The van der Waals surface area contributed by atoms with E-state index in [4.69, 9.17) is 11.6 Å². The van der Waals surface area contributed by atoms with Crippen LogP contribution in [0, 0.1) is 6.92 Å². The fraction of sp³-hybridized carbons (Fsp3) is 0.143. The highest BCUT2D eigenvalue weighted by Crippen LogP contribution is 2.22. The lowest BCUT2D eigenvalue weighted by atomic mass is 10.1. The first-order valence-corrected chi connectivity index (χ1v) is 10.4. The van der Waals surface area contributed by atoms with Gasteiger partial charge in [-0.15, -0.1) is 10.2 Å². The van der Waals surface area contributed by atoms with Crippen LogP contribution in [-0.2, 0) is 6.42 Å². The van der Waals surface area contributed by atoms with Crippen LogP contribution in [0.25, 0.3) is 10.9 Å². The maximum absolute atomic E-state index is 12.5. The van der Waals surface area contributed by atoms with E-state index in [-0.39, 0.29) is 16.8 Å². The summed E-state index contributed by atoms with van der Waals surface area (Å²) in [5, 5.41) is 16.0. The Balaban J connectivity index is 1.37. The number of nitrogens with zero attached hydrogens (tertiary/aromatic N) is 2. The van der Waals surface area contributed by atoms with Gasteiger partial charge in [0, 0.05) is 39.9 Å². The SMILES string of the molecule is Cc1nnc(C(=O)Nc2cccc(C(=O)NCCc3c[nH]c4ccc(Cl)cc34)c2)s1. The van der Waals surface area contributed by atoms with Crippen LogP contribution in [0.3, 0.4) is 0 Å². The molecule has 0 spiro atoms. The standard InChI is InChI=1S/C21H18ClN5O2S/c1-12-26-27-21(30-12)20(29)25-16-4-2-3-13(9-16)19(28)23-8-7-14-11-24-18-6-5-15(22)10-17(14)18/h2-6,9-11,24H,7-8H2,1H3,(H,23,28)(H,25,29). The summed E-state index contributed by atoms with van der Waals surface area (Å²) >= 11 is 7.30. The van der Waals surface area contributed by atoms with Crippen molar-refractivity contribution >= 4 is 51.3 Å². The summed E-state index contributed by atoms with van der Waals surface area (Å²) in [5.74, 6) is -0.563. The number of aromatic nitrogens is 3. The zero-order chi connectivity index (χ0) is 21.1. The van der Waals surface area contributed by atoms with E-state index in [9.17, 15) is 9.59 Å². The van der Waals surface area contributed by atoms with E-state index < -0.39 is 0 Å². The Kier molecular flexibility index (Phi) is 5.78. The molecule has 0 unspecified atom stereocenters. The first-order chi connectivity index (χ1) is 14.5. The Bertz CT molecular complexity index is 1230. The molecule has 0 aliphatic heterocycles. The van der Waals surface area contributed by atoms with Gasteiger partial charge in [-0.1, -0.05) is 29.0 Å². The lowest BCUT2D eigenvalue weighted by molar-refractivity contribution is 0.0952. The Labute approximate surface area is 181 Å². The highest BCUT2D eigenvalue weighted by molar-refractivity contribution is 7.13. The number of nitrogens with one attached hydrogen (secondary N) is 3. The highest BCUT2D eigenvalue weighted by Gasteiger charge is 2.13. The summed E-state index contributed by atoms with van der Waals surface area (Å²) in [5.41, 5.74) is 3.07. The fourth-order valence-electron chi connectivity index (χ4n) is 3.08. The van der Waals surface area contributed by atoms with Crippen LogP contribution < -0.4 is 10.6 Å². The molecule has 9 heteroatoms. The number of carbonyl (C=O) groups is 2. The van der Waals surface area contributed by atoms with E-state index in [1.165, 1.54) is 11.3 Å². The summed E-state index contributed by atoms with van der Waals surface area (Å²) in [6.07, 6.45) is 2.59. The van der Waals surface area contributed by atoms with Gasteiger partial charge in [0.15, 0.2) is 0 Å². The van der Waals surface area contributed by atoms with Crippen LogP contribution in [0.1, 0.15) is 30.7 Å². The van der Waals surface area contributed by atoms with Crippen molar-refractivity contribution in [3.63, 3.8) is 0 Å². The van der Waals surface area contributed by atoms with E-state index in [2.05, 4.69) is 25.8 Å². The van der Waals surface area contributed by atoms with Crippen LogP contribution in [0.5, 0.6) is 0 Å². The van der Waals surface area contributed by atoms with E-state index in [1.54, 1.807) is 31.2 Å². The number of anilines is 1. The number of H-pyrrole nitrogens is 1.